The van der Waals surface area contributed by atoms with Crippen molar-refractivity contribution in [1.82, 2.24) is 0 Å². The molecule has 136 valence electrons. The van der Waals surface area contributed by atoms with Gasteiger partial charge in [0.05, 0.1) is 12.2 Å². The van der Waals surface area contributed by atoms with Crippen LogP contribution in [0.5, 0.6) is 5.75 Å². The zero-order valence-corrected chi connectivity index (χ0v) is 16.1. The molecule has 0 bridgehead atoms. The fourth-order valence-corrected chi connectivity index (χ4v) is 4.58. The van der Waals surface area contributed by atoms with E-state index in [4.69, 9.17) is 4.74 Å². The van der Waals surface area contributed by atoms with E-state index in [2.05, 4.69) is 18.3 Å². The summed E-state index contributed by atoms with van der Waals surface area (Å²) in [6, 6.07) is 10.2. The molecule has 0 saturated carbocycles. The lowest BCUT2D eigenvalue weighted by Crippen LogP contribution is -2.13. The maximum atomic E-state index is 12.2. The number of hydrogen-bond acceptors (Lipinski definition) is 4. The highest BCUT2D eigenvalue weighted by Crippen LogP contribution is 2.39. The van der Waals surface area contributed by atoms with Gasteiger partial charge < -0.3 is 10.1 Å². The highest BCUT2D eigenvalue weighted by molar-refractivity contribution is 7.16. The molecule has 0 saturated heterocycles. The first-order valence-electron chi connectivity index (χ1n) is 9.10. The Hall–Kier alpha value is -2.32. The molecular formula is C21H24N2O2S. The number of ether oxygens (including phenoxy) is 1. The molecule has 1 aliphatic rings. The fourth-order valence-electron chi connectivity index (χ4n) is 3.20. The average Bonchev–Trinajstić information content (AvgIpc) is 2.96. The number of amides is 1. The molecule has 1 aromatic heterocycles. The van der Waals surface area contributed by atoms with Crippen LogP contribution in [0.2, 0.25) is 0 Å². The standard InChI is InChI=1S/C21H24N2O2S/c1-14-5-8-16(9-6-14)25-11-3-4-20(24)23-21-18(13-22)17-10-7-15(2)12-19(17)26-21/h5-6,8-9,15H,3-4,7,10-12H2,1-2H3,(H,23,24). The second kappa shape index (κ2) is 8.37. The van der Waals surface area contributed by atoms with Gasteiger partial charge in [0.15, 0.2) is 0 Å². The number of rotatable bonds is 6. The van der Waals surface area contributed by atoms with Gasteiger partial charge >= 0.3 is 0 Å². The minimum Gasteiger partial charge on any atom is -0.494 e. The number of anilines is 1. The SMILES string of the molecule is Cc1ccc(OCCCC(=O)Nc2sc3c(c2C#N)CCC(C)C3)cc1. The summed E-state index contributed by atoms with van der Waals surface area (Å²) in [5.74, 6) is 1.42. The summed E-state index contributed by atoms with van der Waals surface area (Å²) < 4.78 is 5.65. The first kappa shape index (κ1) is 18.5. The fraction of sp³-hybridized carbons (Fsp3) is 0.429. The van der Waals surface area contributed by atoms with Gasteiger partial charge in [-0.3, -0.25) is 4.79 Å². The second-order valence-corrected chi connectivity index (χ2v) is 8.09. The van der Waals surface area contributed by atoms with Gasteiger partial charge in [0.1, 0.15) is 16.8 Å². The van der Waals surface area contributed by atoms with E-state index in [1.54, 1.807) is 11.3 Å². The number of carbonyl (C=O) groups excluding carboxylic acids is 1. The first-order valence-corrected chi connectivity index (χ1v) is 9.92. The van der Waals surface area contributed by atoms with Crippen molar-refractivity contribution >= 4 is 22.2 Å². The lowest BCUT2D eigenvalue weighted by Gasteiger charge is -2.17. The summed E-state index contributed by atoms with van der Waals surface area (Å²) in [4.78, 5) is 13.5. The highest BCUT2D eigenvalue weighted by atomic mass is 32.1. The van der Waals surface area contributed by atoms with Crippen LogP contribution in [-0.2, 0) is 17.6 Å². The van der Waals surface area contributed by atoms with Crippen LogP contribution in [0.4, 0.5) is 5.00 Å². The number of aryl methyl sites for hydroxylation is 1. The topological polar surface area (TPSA) is 62.1 Å². The molecule has 1 heterocycles. The molecular weight excluding hydrogens is 344 g/mol. The van der Waals surface area contributed by atoms with Gasteiger partial charge in [-0.15, -0.1) is 11.3 Å². The highest BCUT2D eigenvalue weighted by Gasteiger charge is 2.24. The largest absolute Gasteiger partial charge is 0.494 e. The third-order valence-electron chi connectivity index (χ3n) is 4.71. The second-order valence-electron chi connectivity index (χ2n) is 6.98. The number of benzene rings is 1. The predicted molar refractivity (Wildman–Crippen MR) is 105 cm³/mol. The maximum absolute atomic E-state index is 12.2. The number of nitrogens with one attached hydrogen (secondary N) is 1. The summed E-state index contributed by atoms with van der Waals surface area (Å²) in [5.41, 5.74) is 3.01. The number of nitrogens with zero attached hydrogens (tertiary/aromatic N) is 1. The van der Waals surface area contributed by atoms with E-state index in [-0.39, 0.29) is 5.91 Å². The van der Waals surface area contributed by atoms with Crippen LogP contribution in [0.15, 0.2) is 24.3 Å². The van der Waals surface area contributed by atoms with Crippen LogP contribution in [-0.4, -0.2) is 12.5 Å². The van der Waals surface area contributed by atoms with Crippen molar-refractivity contribution in [2.75, 3.05) is 11.9 Å². The quantitative estimate of drug-likeness (QED) is 0.741. The van der Waals surface area contributed by atoms with Gasteiger partial charge in [-0.1, -0.05) is 24.6 Å². The van der Waals surface area contributed by atoms with E-state index in [9.17, 15) is 10.1 Å². The molecule has 1 unspecified atom stereocenters. The molecule has 1 N–H and O–H groups in total. The Labute approximate surface area is 158 Å². The van der Waals surface area contributed by atoms with E-state index in [1.807, 2.05) is 31.2 Å². The zero-order valence-electron chi connectivity index (χ0n) is 15.3. The number of hydrogen-bond donors (Lipinski definition) is 1. The summed E-state index contributed by atoms with van der Waals surface area (Å²) in [6.45, 7) is 4.77. The van der Waals surface area contributed by atoms with Gasteiger partial charge in [-0.05, 0) is 56.2 Å². The van der Waals surface area contributed by atoms with E-state index < -0.39 is 0 Å². The van der Waals surface area contributed by atoms with Crippen molar-refractivity contribution in [2.24, 2.45) is 5.92 Å². The normalized spacial score (nSPS) is 15.8. The number of thiophene rings is 1. The van der Waals surface area contributed by atoms with E-state index in [1.165, 1.54) is 10.4 Å². The minimum atomic E-state index is -0.0550. The molecule has 4 nitrogen and oxygen atoms in total. The summed E-state index contributed by atoms with van der Waals surface area (Å²) in [6.07, 6.45) is 4.09. The Morgan fingerprint density at radius 1 is 1.38 bits per heavy atom. The monoisotopic (exact) mass is 368 g/mol. The molecule has 0 fully saturated rings. The minimum absolute atomic E-state index is 0.0550. The van der Waals surface area contributed by atoms with Gasteiger partial charge in [-0.2, -0.15) is 5.26 Å². The zero-order chi connectivity index (χ0) is 18.5. The van der Waals surface area contributed by atoms with Crippen molar-refractivity contribution in [3.8, 4) is 11.8 Å². The van der Waals surface area contributed by atoms with Crippen LogP contribution in [0, 0.1) is 24.2 Å². The molecule has 1 atom stereocenters. The molecule has 0 aliphatic heterocycles. The Bertz CT molecular complexity index is 818. The van der Waals surface area contributed by atoms with Crippen molar-refractivity contribution in [3.05, 3.63) is 45.8 Å². The Balaban J connectivity index is 1.50. The number of nitriles is 1. The number of fused-ring (bicyclic) bond motifs is 1. The predicted octanol–water partition coefficient (Wildman–Crippen LogP) is 4.85. The van der Waals surface area contributed by atoms with Gasteiger partial charge in [0, 0.05) is 11.3 Å². The lowest BCUT2D eigenvalue weighted by atomic mass is 9.89. The molecule has 2 aromatic rings. The molecule has 1 amide bonds. The summed E-state index contributed by atoms with van der Waals surface area (Å²) in [7, 11) is 0. The Morgan fingerprint density at radius 3 is 2.88 bits per heavy atom. The molecule has 26 heavy (non-hydrogen) atoms. The molecule has 0 spiro atoms. The van der Waals surface area contributed by atoms with Gasteiger partial charge in [0.2, 0.25) is 5.91 Å². The molecule has 5 heteroatoms. The molecule has 1 aliphatic carbocycles. The van der Waals surface area contributed by atoms with Crippen molar-refractivity contribution in [1.29, 1.82) is 5.26 Å². The molecule has 3 rings (SSSR count). The third kappa shape index (κ3) is 4.44. The Kier molecular flexibility index (Phi) is 5.95. The molecule has 1 aromatic carbocycles. The van der Waals surface area contributed by atoms with E-state index >= 15 is 0 Å². The smallest absolute Gasteiger partial charge is 0.225 e. The van der Waals surface area contributed by atoms with Crippen LogP contribution in [0.3, 0.4) is 0 Å². The third-order valence-corrected chi connectivity index (χ3v) is 5.88. The maximum Gasteiger partial charge on any atom is 0.225 e. The molecule has 0 radical (unpaired) electrons. The van der Waals surface area contributed by atoms with Crippen molar-refractivity contribution in [3.63, 3.8) is 0 Å². The van der Waals surface area contributed by atoms with E-state index in [0.717, 1.165) is 35.6 Å². The Morgan fingerprint density at radius 2 is 2.15 bits per heavy atom. The van der Waals surface area contributed by atoms with Crippen LogP contribution in [0.25, 0.3) is 0 Å². The van der Waals surface area contributed by atoms with Crippen LogP contribution >= 0.6 is 11.3 Å². The summed E-state index contributed by atoms with van der Waals surface area (Å²) >= 11 is 1.57. The van der Waals surface area contributed by atoms with Crippen LogP contribution in [0.1, 0.15) is 47.8 Å². The van der Waals surface area contributed by atoms with Gasteiger partial charge in [0.25, 0.3) is 0 Å². The van der Waals surface area contributed by atoms with Crippen molar-refractivity contribution < 1.29 is 9.53 Å². The average molecular weight is 369 g/mol. The van der Waals surface area contributed by atoms with Crippen LogP contribution < -0.4 is 10.1 Å². The van der Waals surface area contributed by atoms with Gasteiger partial charge in [-0.25, -0.2) is 0 Å². The van der Waals surface area contributed by atoms with E-state index in [0.29, 0.717) is 30.9 Å². The summed E-state index contributed by atoms with van der Waals surface area (Å²) in [5, 5.41) is 13.1. The first-order chi connectivity index (χ1) is 12.6. The number of carbonyl (C=O) groups is 1. The van der Waals surface area contributed by atoms with Crippen molar-refractivity contribution in [2.45, 2.75) is 46.0 Å². The lowest BCUT2D eigenvalue weighted by molar-refractivity contribution is -0.116.